The Bertz CT molecular complexity index is 1320. The molecular weight excluding hydrogens is 534 g/mol. The van der Waals surface area contributed by atoms with Crippen molar-refractivity contribution in [2.75, 3.05) is 0 Å². The van der Waals surface area contributed by atoms with Gasteiger partial charge in [-0.1, -0.05) is 107 Å². The van der Waals surface area contributed by atoms with Crippen LogP contribution in [0.3, 0.4) is 0 Å². The van der Waals surface area contributed by atoms with Gasteiger partial charge in [0, 0.05) is 0 Å². The molecule has 0 bridgehead atoms. The zero-order valence-corrected chi connectivity index (χ0v) is 24.9. The van der Waals surface area contributed by atoms with Crippen molar-refractivity contribution >= 4 is 0 Å². The fraction of sp³-hybridized carbons (Fsp3) is 0.314. The lowest BCUT2D eigenvalue weighted by Crippen LogP contribution is -2.54. The minimum absolute atomic E-state index is 0.374. The minimum atomic E-state index is -5.55. The molecule has 0 atom stereocenters. The summed E-state index contributed by atoms with van der Waals surface area (Å²) >= 11 is 0. The van der Waals surface area contributed by atoms with E-state index < -0.39 is 28.9 Å². The molecule has 0 aliphatic carbocycles. The molecule has 0 aliphatic heterocycles. The van der Waals surface area contributed by atoms with Crippen molar-refractivity contribution in [2.45, 2.75) is 73.2 Å². The zero-order chi connectivity index (χ0) is 31.2. The van der Waals surface area contributed by atoms with Crippen molar-refractivity contribution in [1.82, 2.24) is 0 Å². The van der Waals surface area contributed by atoms with Crippen molar-refractivity contribution in [3.8, 4) is 0 Å². The van der Waals surface area contributed by atoms with Crippen LogP contribution in [0.5, 0.6) is 0 Å². The van der Waals surface area contributed by atoms with Gasteiger partial charge in [0.15, 0.2) is 0 Å². The summed E-state index contributed by atoms with van der Waals surface area (Å²) in [4.78, 5) is 0. The lowest BCUT2D eigenvalue weighted by molar-refractivity contribution is -0.288. The highest BCUT2D eigenvalue weighted by molar-refractivity contribution is 5.48. The third kappa shape index (κ3) is 8.25. The van der Waals surface area contributed by atoms with Gasteiger partial charge in [0.1, 0.15) is 0 Å². The smallest absolute Gasteiger partial charge is 0.169 e. The van der Waals surface area contributed by atoms with Crippen LogP contribution in [0.2, 0.25) is 0 Å². The van der Waals surface area contributed by atoms with Gasteiger partial charge < -0.3 is 0 Å². The average molecular weight is 573 g/mol. The molecule has 0 aromatic heterocycles. The molecule has 6 heteroatoms. The number of aryl methyl sites for hydroxylation is 8. The Morgan fingerprint density at radius 3 is 0.951 bits per heavy atom. The predicted octanol–water partition coefficient (Wildman–Crippen LogP) is 10.9. The van der Waals surface area contributed by atoms with Crippen LogP contribution in [0.25, 0.3) is 0 Å². The van der Waals surface area contributed by atoms with Gasteiger partial charge in [-0.3, -0.25) is 0 Å². The summed E-state index contributed by atoms with van der Waals surface area (Å²) < 4.78 is 83.9. The standard InChI is InChI=1S/C19H18F6.2C8H10/c1-11-5-7-15(9-13(11)3)17(18(20,21)22,19(23,24)25)16-8-6-12(2)14(4)10-16;1-7-3-5-8(2)6-4-7;1-7-4-3-5-8(2)6-7/h5-10H,1-4H3;2*3-6H,1-2H3. The number of rotatable bonds is 2. The second kappa shape index (κ2) is 13.4. The summed E-state index contributed by atoms with van der Waals surface area (Å²) in [5.74, 6) is 0. The molecule has 4 aromatic carbocycles. The summed E-state index contributed by atoms with van der Waals surface area (Å²) in [6, 6.07) is 23.3. The van der Waals surface area contributed by atoms with Crippen LogP contribution in [0.4, 0.5) is 26.3 Å². The number of alkyl halides is 6. The largest absolute Gasteiger partial charge is 0.411 e. The van der Waals surface area contributed by atoms with E-state index >= 15 is 0 Å². The molecule has 220 valence electrons. The van der Waals surface area contributed by atoms with Crippen LogP contribution in [-0.2, 0) is 5.41 Å². The van der Waals surface area contributed by atoms with E-state index in [2.05, 4.69) is 76.2 Å². The summed E-state index contributed by atoms with van der Waals surface area (Å²) in [5, 5.41) is 0. The monoisotopic (exact) mass is 572 g/mol. The van der Waals surface area contributed by atoms with Crippen molar-refractivity contribution in [1.29, 1.82) is 0 Å². The summed E-state index contributed by atoms with van der Waals surface area (Å²) in [7, 11) is 0. The molecule has 0 N–H and O–H groups in total. The van der Waals surface area contributed by atoms with Crippen LogP contribution in [0, 0.1) is 55.4 Å². The molecule has 0 radical (unpaired) electrons. The van der Waals surface area contributed by atoms with E-state index in [0.29, 0.717) is 22.3 Å². The molecule has 0 saturated heterocycles. The molecular formula is C35H38F6. The molecule has 0 saturated carbocycles. The lowest BCUT2D eigenvalue weighted by atomic mass is 9.71. The number of hydrogen-bond acceptors (Lipinski definition) is 0. The van der Waals surface area contributed by atoms with E-state index in [0.717, 1.165) is 24.3 Å². The first kappa shape index (κ1) is 33.7. The first-order valence-corrected chi connectivity index (χ1v) is 13.3. The Kier molecular flexibility index (Phi) is 11.0. The van der Waals surface area contributed by atoms with Crippen LogP contribution >= 0.6 is 0 Å². The second-order valence-corrected chi connectivity index (χ2v) is 10.7. The van der Waals surface area contributed by atoms with Gasteiger partial charge in [-0.2, -0.15) is 26.3 Å². The van der Waals surface area contributed by atoms with E-state index in [-0.39, 0.29) is 0 Å². The molecule has 0 amide bonds. The van der Waals surface area contributed by atoms with E-state index in [1.54, 1.807) is 13.8 Å². The Morgan fingerprint density at radius 1 is 0.366 bits per heavy atom. The highest BCUT2D eigenvalue weighted by atomic mass is 19.4. The molecule has 0 heterocycles. The maximum absolute atomic E-state index is 14.0. The third-order valence-corrected chi connectivity index (χ3v) is 7.12. The Balaban J connectivity index is 0.000000295. The SMILES string of the molecule is Cc1ccc(C(c2ccc(C)c(C)c2)(C(F)(F)F)C(F)(F)F)cc1C.Cc1ccc(C)cc1.Cc1cccc(C)c1. The molecule has 4 aromatic rings. The van der Waals surface area contributed by atoms with Crippen molar-refractivity contribution in [3.05, 3.63) is 141 Å². The van der Waals surface area contributed by atoms with Crippen molar-refractivity contribution in [3.63, 3.8) is 0 Å². The maximum Gasteiger partial charge on any atom is 0.411 e. The summed E-state index contributed by atoms with van der Waals surface area (Å²) in [6.45, 7) is 14.7. The highest BCUT2D eigenvalue weighted by Gasteiger charge is 2.72. The van der Waals surface area contributed by atoms with Gasteiger partial charge in [-0.25, -0.2) is 0 Å². The molecule has 0 spiro atoms. The third-order valence-electron chi connectivity index (χ3n) is 7.12. The number of benzene rings is 4. The number of hydrogen-bond donors (Lipinski definition) is 0. The molecule has 0 aliphatic rings. The number of halogens is 6. The van der Waals surface area contributed by atoms with E-state index in [1.165, 1.54) is 48.2 Å². The fourth-order valence-corrected chi connectivity index (χ4v) is 4.38. The Morgan fingerprint density at radius 2 is 0.707 bits per heavy atom. The quantitative estimate of drug-likeness (QED) is 0.210. The molecule has 0 fully saturated rings. The normalized spacial score (nSPS) is 11.7. The molecule has 0 unspecified atom stereocenters. The summed E-state index contributed by atoms with van der Waals surface area (Å²) in [6.07, 6.45) is -11.1. The van der Waals surface area contributed by atoms with Gasteiger partial charge in [0.2, 0.25) is 5.41 Å². The van der Waals surface area contributed by atoms with Crippen molar-refractivity contribution in [2.24, 2.45) is 0 Å². The fourth-order valence-electron chi connectivity index (χ4n) is 4.38. The van der Waals surface area contributed by atoms with Gasteiger partial charge in [0.25, 0.3) is 0 Å². The van der Waals surface area contributed by atoms with Crippen LogP contribution < -0.4 is 0 Å². The Hall–Kier alpha value is -3.54. The first-order chi connectivity index (χ1) is 18.9. The van der Waals surface area contributed by atoms with Crippen LogP contribution in [0.1, 0.15) is 55.6 Å². The summed E-state index contributed by atoms with van der Waals surface area (Å²) in [5.41, 5.74) is 1.62. The first-order valence-electron chi connectivity index (χ1n) is 13.3. The van der Waals surface area contributed by atoms with Crippen molar-refractivity contribution < 1.29 is 26.3 Å². The van der Waals surface area contributed by atoms with Gasteiger partial charge >= 0.3 is 12.4 Å². The molecule has 0 nitrogen and oxygen atoms in total. The van der Waals surface area contributed by atoms with Gasteiger partial charge in [-0.15, -0.1) is 0 Å². The van der Waals surface area contributed by atoms with E-state index in [9.17, 15) is 26.3 Å². The highest BCUT2D eigenvalue weighted by Crippen LogP contribution is 2.56. The zero-order valence-electron chi connectivity index (χ0n) is 24.9. The molecule has 41 heavy (non-hydrogen) atoms. The van der Waals surface area contributed by atoms with E-state index in [4.69, 9.17) is 0 Å². The topological polar surface area (TPSA) is 0 Å². The average Bonchev–Trinajstić information content (AvgIpc) is 2.85. The molecule has 4 rings (SSSR count). The predicted molar refractivity (Wildman–Crippen MR) is 157 cm³/mol. The van der Waals surface area contributed by atoms with Gasteiger partial charge in [0.05, 0.1) is 0 Å². The Labute approximate surface area is 240 Å². The second-order valence-electron chi connectivity index (χ2n) is 10.7. The van der Waals surface area contributed by atoms with Crippen LogP contribution in [-0.4, -0.2) is 12.4 Å². The van der Waals surface area contributed by atoms with Crippen LogP contribution in [0.15, 0.2) is 84.9 Å². The van der Waals surface area contributed by atoms with Gasteiger partial charge in [-0.05, 0) is 88.8 Å². The van der Waals surface area contributed by atoms with E-state index in [1.807, 2.05) is 0 Å². The minimum Gasteiger partial charge on any atom is -0.169 e. The maximum atomic E-state index is 14.0. The lowest BCUT2D eigenvalue weighted by Gasteiger charge is -2.38.